The van der Waals surface area contributed by atoms with Gasteiger partial charge in [-0.2, -0.15) is 5.26 Å². The van der Waals surface area contributed by atoms with Crippen LogP contribution in [0.5, 0.6) is 5.75 Å². The second-order valence-electron chi connectivity index (χ2n) is 7.93. The Morgan fingerprint density at radius 3 is 2.61 bits per heavy atom. The molecule has 1 atom stereocenters. The number of carbonyl (C=O) groups excluding carboxylic acids is 1. The summed E-state index contributed by atoms with van der Waals surface area (Å²) in [6, 6.07) is 12.1. The molecule has 10 nitrogen and oxygen atoms in total. The van der Waals surface area contributed by atoms with E-state index in [1.807, 2.05) is 0 Å². The van der Waals surface area contributed by atoms with E-state index in [2.05, 4.69) is 21.4 Å². The quantitative estimate of drug-likeness (QED) is 0.333. The number of nitriles is 1. The van der Waals surface area contributed by atoms with Crippen molar-refractivity contribution in [1.82, 2.24) is 14.5 Å². The molecule has 3 N–H and O–H groups in total. The van der Waals surface area contributed by atoms with Gasteiger partial charge in [0.05, 0.1) is 36.0 Å². The number of anilines is 1. The average Bonchev–Trinajstić information content (AvgIpc) is 3.24. The maximum absolute atomic E-state index is 13.3. The summed E-state index contributed by atoms with van der Waals surface area (Å²) in [6.07, 6.45) is 1.64. The standard InChI is InChI=1S/C25H22ClN5O5/c1-35-8-7-21(24(33)28-16-5-6-19-20(10-16)30-25(34)29-19)31-13-22(36-2)18(11-23(31)32)17-9-15(26)4-3-14(17)12-27/h3-6,9-11,13,21H,7-8H2,1-2H3,(H,28,33)(H2,29,30,34). The lowest BCUT2D eigenvalue weighted by molar-refractivity contribution is -0.119. The van der Waals surface area contributed by atoms with Crippen LogP contribution in [0.4, 0.5) is 5.69 Å². The predicted octanol–water partition coefficient (Wildman–Crippen LogP) is 3.43. The Morgan fingerprint density at radius 2 is 1.89 bits per heavy atom. The number of aromatic nitrogens is 3. The van der Waals surface area contributed by atoms with Crippen LogP contribution >= 0.6 is 11.6 Å². The van der Waals surface area contributed by atoms with Gasteiger partial charge in [0, 0.05) is 48.0 Å². The van der Waals surface area contributed by atoms with Crippen LogP contribution < -0.4 is 21.3 Å². The normalized spacial score (nSPS) is 11.7. The van der Waals surface area contributed by atoms with E-state index < -0.39 is 17.5 Å². The number of rotatable bonds is 8. The summed E-state index contributed by atoms with van der Waals surface area (Å²) in [4.78, 5) is 43.3. The van der Waals surface area contributed by atoms with Crippen LogP contribution in [0.3, 0.4) is 0 Å². The fourth-order valence-electron chi connectivity index (χ4n) is 3.94. The number of benzene rings is 2. The van der Waals surface area contributed by atoms with Crippen molar-refractivity contribution in [3.63, 3.8) is 0 Å². The zero-order valence-corrected chi connectivity index (χ0v) is 20.2. The van der Waals surface area contributed by atoms with Crippen LogP contribution in [0.1, 0.15) is 18.0 Å². The van der Waals surface area contributed by atoms with Crippen molar-refractivity contribution in [3.8, 4) is 22.9 Å². The highest BCUT2D eigenvalue weighted by Crippen LogP contribution is 2.33. The number of nitrogens with zero attached hydrogens (tertiary/aromatic N) is 2. The van der Waals surface area contributed by atoms with Crippen molar-refractivity contribution in [2.75, 3.05) is 26.1 Å². The second-order valence-corrected chi connectivity index (χ2v) is 8.37. The van der Waals surface area contributed by atoms with Gasteiger partial charge < -0.3 is 24.8 Å². The monoisotopic (exact) mass is 507 g/mol. The van der Waals surface area contributed by atoms with Crippen LogP contribution in [0.15, 0.2) is 58.3 Å². The molecule has 1 amide bonds. The summed E-state index contributed by atoms with van der Waals surface area (Å²) in [6.45, 7) is 0.214. The Hall–Kier alpha value is -4.33. The Labute approximate surface area is 210 Å². The van der Waals surface area contributed by atoms with Crippen LogP contribution in [0.2, 0.25) is 5.02 Å². The number of nitrogens with one attached hydrogen (secondary N) is 3. The Morgan fingerprint density at radius 1 is 1.11 bits per heavy atom. The largest absolute Gasteiger partial charge is 0.495 e. The first-order valence-electron chi connectivity index (χ1n) is 10.9. The molecular weight excluding hydrogens is 486 g/mol. The van der Waals surface area contributed by atoms with Crippen molar-refractivity contribution in [1.29, 1.82) is 5.26 Å². The van der Waals surface area contributed by atoms with Gasteiger partial charge in [-0.3, -0.25) is 14.2 Å². The molecular formula is C25H22ClN5O5. The summed E-state index contributed by atoms with van der Waals surface area (Å²) in [7, 11) is 2.93. The van der Waals surface area contributed by atoms with Crippen LogP contribution in [0, 0.1) is 11.3 Å². The second kappa shape index (κ2) is 10.5. The highest BCUT2D eigenvalue weighted by Gasteiger charge is 2.24. The summed E-state index contributed by atoms with van der Waals surface area (Å²) >= 11 is 6.13. The SMILES string of the molecule is COCCC(C(=O)Nc1ccc2[nH]c(=O)[nH]c2c1)n1cc(OC)c(-c2cc(Cl)ccc2C#N)cc1=O. The summed E-state index contributed by atoms with van der Waals surface area (Å²) in [5.74, 6) is -0.170. The minimum Gasteiger partial charge on any atom is -0.495 e. The van der Waals surface area contributed by atoms with E-state index in [0.717, 1.165) is 0 Å². The lowest BCUT2D eigenvalue weighted by Gasteiger charge is -2.21. The van der Waals surface area contributed by atoms with E-state index in [1.165, 1.54) is 31.0 Å². The van der Waals surface area contributed by atoms with Gasteiger partial charge in [0.15, 0.2) is 0 Å². The summed E-state index contributed by atoms with van der Waals surface area (Å²) in [5, 5.41) is 12.7. The van der Waals surface area contributed by atoms with Crippen LogP contribution in [-0.4, -0.2) is 41.3 Å². The minimum absolute atomic E-state index is 0.203. The highest BCUT2D eigenvalue weighted by molar-refractivity contribution is 6.31. The molecule has 184 valence electrons. The molecule has 0 saturated heterocycles. The van der Waals surface area contributed by atoms with Crippen LogP contribution in [-0.2, 0) is 9.53 Å². The highest BCUT2D eigenvalue weighted by atomic mass is 35.5. The fraction of sp³-hybridized carbons (Fsp3) is 0.200. The van der Waals surface area contributed by atoms with Crippen molar-refractivity contribution in [2.24, 2.45) is 0 Å². The number of imidazole rings is 1. The molecule has 4 aromatic rings. The number of methoxy groups -OCH3 is 2. The lowest BCUT2D eigenvalue weighted by Crippen LogP contribution is -2.34. The summed E-state index contributed by atoms with van der Waals surface area (Å²) < 4.78 is 12.0. The van der Waals surface area contributed by atoms with Gasteiger partial charge >= 0.3 is 5.69 Å². The number of H-pyrrole nitrogens is 2. The molecule has 36 heavy (non-hydrogen) atoms. The number of hydrogen-bond acceptors (Lipinski definition) is 6. The molecule has 0 spiro atoms. The Kier molecular flexibility index (Phi) is 7.24. The zero-order valence-electron chi connectivity index (χ0n) is 19.4. The topological polar surface area (TPSA) is 142 Å². The molecule has 0 aliphatic rings. The average molecular weight is 508 g/mol. The fourth-order valence-corrected chi connectivity index (χ4v) is 4.12. The maximum atomic E-state index is 13.3. The molecule has 2 heterocycles. The molecule has 11 heteroatoms. The van der Waals surface area contributed by atoms with Crippen molar-refractivity contribution in [3.05, 3.63) is 80.1 Å². The van der Waals surface area contributed by atoms with Crippen molar-refractivity contribution < 1.29 is 14.3 Å². The van der Waals surface area contributed by atoms with Crippen molar-refractivity contribution >= 4 is 34.2 Å². The molecule has 2 aromatic heterocycles. The first-order valence-corrected chi connectivity index (χ1v) is 11.2. The Balaban J connectivity index is 1.74. The zero-order chi connectivity index (χ0) is 25.8. The van der Waals surface area contributed by atoms with Crippen molar-refractivity contribution in [2.45, 2.75) is 12.5 Å². The number of ether oxygens (including phenoxy) is 2. The molecule has 4 rings (SSSR count). The van der Waals surface area contributed by atoms with Gasteiger partial charge in [-0.05, 0) is 36.4 Å². The predicted molar refractivity (Wildman–Crippen MR) is 135 cm³/mol. The summed E-state index contributed by atoms with van der Waals surface area (Å²) in [5.41, 5.74) is 1.89. The Bertz CT molecular complexity index is 1600. The van der Waals surface area contributed by atoms with Gasteiger partial charge in [-0.15, -0.1) is 0 Å². The molecule has 0 saturated carbocycles. The molecule has 0 radical (unpaired) electrons. The van der Waals surface area contributed by atoms with E-state index in [1.54, 1.807) is 36.4 Å². The third kappa shape index (κ3) is 5.02. The number of hydrogen-bond donors (Lipinski definition) is 3. The van der Waals surface area contributed by atoms with Gasteiger partial charge in [-0.25, -0.2) is 4.79 Å². The van der Waals surface area contributed by atoms with E-state index in [0.29, 0.717) is 38.4 Å². The van der Waals surface area contributed by atoms with Gasteiger partial charge in [0.1, 0.15) is 11.8 Å². The smallest absolute Gasteiger partial charge is 0.323 e. The molecule has 0 aliphatic heterocycles. The molecule has 1 unspecified atom stereocenters. The van der Waals surface area contributed by atoms with Crippen LogP contribution in [0.25, 0.3) is 22.2 Å². The van der Waals surface area contributed by atoms with Gasteiger partial charge in [-0.1, -0.05) is 11.6 Å². The van der Waals surface area contributed by atoms with E-state index in [-0.39, 0.29) is 24.5 Å². The molecule has 2 aromatic carbocycles. The molecule has 0 fully saturated rings. The van der Waals surface area contributed by atoms with E-state index >= 15 is 0 Å². The number of halogens is 1. The van der Waals surface area contributed by atoms with Gasteiger partial charge in [0.2, 0.25) is 5.91 Å². The maximum Gasteiger partial charge on any atom is 0.323 e. The third-order valence-corrected chi connectivity index (χ3v) is 5.91. The van der Waals surface area contributed by atoms with Gasteiger partial charge in [0.25, 0.3) is 5.56 Å². The first kappa shape index (κ1) is 24.8. The number of fused-ring (bicyclic) bond motifs is 1. The minimum atomic E-state index is -0.934. The number of amides is 1. The first-order chi connectivity index (χ1) is 17.3. The lowest BCUT2D eigenvalue weighted by atomic mass is 10.00. The molecule has 0 aliphatic carbocycles. The number of carbonyl (C=O) groups is 1. The molecule has 0 bridgehead atoms. The van der Waals surface area contributed by atoms with E-state index in [9.17, 15) is 19.6 Å². The third-order valence-electron chi connectivity index (χ3n) is 5.67. The van der Waals surface area contributed by atoms with E-state index in [4.69, 9.17) is 21.1 Å². The number of pyridine rings is 1. The number of aromatic amines is 2.